The molecule has 2 aromatic heterocycles. The first kappa shape index (κ1) is 12.5. The molecule has 0 aliphatic rings. The molecule has 3 rings (SSSR count). The summed E-state index contributed by atoms with van der Waals surface area (Å²) < 4.78 is 20.3. The second-order valence-corrected chi connectivity index (χ2v) is 4.65. The summed E-state index contributed by atoms with van der Waals surface area (Å²) in [6, 6.07) is 9.89. The maximum Gasteiger partial charge on any atom is 0.155 e. The third-order valence-electron chi connectivity index (χ3n) is 3.20. The normalized spacial score (nSPS) is 10.9. The Balaban J connectivity index is 2.21. The average molecular weight is 271 g/mol. The van der Waals surface area contributed by atoms with Crippen molar-refractivity contribution in [1.29, 1.82) is 0 Å². The SMILES string of the molecule is Cc1ccc(-c2nn(C)c(N)c2-c2ccc(F)cc2)o1. The second-order valence-electron chi connectivity index (χ2n) is 4.65. The highest BCUT2D eigenvalue weighted by atomic mass is 19.1. The van der Waals surface area contributed by atoms with Crippen molar-refractivity contribution in [3.05, 3.63) is 48.0 Å². The fraction of sp³-hybridized carbons (Fsp3) is 0.133. The van der Waals surface area contributed by atoms with Gasteiger partial charge < -0.3 is 10.2 Å². The van der Waals surface area contributed by atoms with Crippen LogP contribution in [0.25, 0.3) is 22.6 Å². The van der Waals surface area contributed by atoms with Crippen LogP contribution in [0.1, 0.15) is 5.76 Å². The molecule has 0 bridgehead atoms. The highest BCUT2D eigenvalue weighted by molar-refractivity contribution is 5.86. The van der Waals surface area contributed by atoms with Crippen LogP contribution in [0.3, 0.4) is 0 Å². The Morgan fingerprint density at radius 3 is 2.45 bits per heavy atom. The van der Waals surface area contributed by atoms with E-state index in [0.717, 1.165) is 16.9 Å². The van der Waals surface area contributed by atoms with E-state index in [9.17, 15) is 4.39 Å². The largest absolute Gasteiger partial charge is 0.460 e. The zero-order valence-corrected chi connectivity index (χ0v) is 11.2. The Morgan fingerprint density at radius 1 is 1.15 bits per heavy atom. The van der Waals surface area contributed by atoms with E-state index in [2.05, 4.69) is 5.10 Å². The van der Waals surface area contributed by atoms with Gasteiger partial charge in [-0.05, 0) is 36.8 Å². The summed E-state index contributed by atoms with van der Waals surface area (Å²) in [5.74, 6) is 1.68. The number of furan rings is 1. The Kier molecular flexibility index (Phi) is 2.82. The number of aromatic nitrogens is 2. The number of anilines is 1. The molecule has 0 amide bonds. The van der Waals surface area contributed by atoms with Crippen LogP contribution >= 0.6 is 0 Å². The lowest BCUT2D eigenvalue weighted by Crippen LogP contribution is -1.97. The van der Waals surface area contributed by atoms with Crippen LogP contribution in [-0.2, 0) is 7.05 Å². The van der Waals surface area contributed by atoms with Crippen LogP contribution in [0.15, 0.2) is 40.8 Å². The van der Waals surface area contributed by atoms with Crippen molar-refractivity contribution in [2.24, 2.45) is 7.05 Å². The van der Waals surface area contributed by atoms with Crippen molar-refractivity contribution in [2.75, 3.05) is 5.73 Å². The summed E-state index contributed by atoms with van der Waals surface area (Å²) in [5.41, 5.74) is 8.30. The number of nitrogens with zero attached hydrogens (tertiary/aromatic N) is 2. The number of rotatable bonds is 2. The summed E-state index contributed by atoms with van der Waals surface area (Å²) in [4.78, 5) is 0. The lowest BCUT2D eigenvalue weighted by atomic mass is 10.0. The molecule has 0 aliphatic heterocycles. The van der Waals surface area contributed by atoms with E-state index >= 15 is 0 Å². The Labute approximate surface area is 115 Å². The number of benzene rings is 1. The number of nitrogen functional groups attached to an aromatic ring is 1. The van der Waals surface area contributed by atoms with Gasteiger partial charge in [-0.15, -0.1) is 0 Å². The van der Waals surface area contributed by atoms with Gasteiger partial charge in [0.25, 0.3) is 0 Å². The molecule has 2 N–H and O–H groups in total. The van der Waals surface area contributed by atoms with Crippen LogP contribution in [0, 0.1) is 12.7 Å². The molecule has 0 spiro atoms. The zero-order valence-electron chi connectivity index (χ0n) is 11.2. The lowest BCUT2D eigenvalue weighted by Gasteiger charge is -2.02. The summed E-state index contributed by atoms with van der Waals surface area (Å²) in [6.45, 7) is 1.87. The van der Waals surface area contributed by atoms with Gasteiger partial charge in [0.05, 0.1) is 5.56 Å². The van der Waals surface area contributed by atoms with E-state index in [1.165, 1.54) is 12.1 Å². The quantitative estimate of drug-likeness (QED) is 0.777. The molecule has 1 aromatic carbocycles. The molecule has 0 fully saturated rings. The Morgan fingerprint density at radius 2 is 1.85 bits per heavy atom. The maximum absolute atomic E-state index is 13.1. The van der Waals surface area contributed by atoms with Crippen LogP contribution in [-0.4, -0.2) is 9.78 Å². The molecule has 0 unspecified atom stereocenters. The summed E-state index contributed by atoms with van der Waals surface area (Å²) >= 11 is 0. The number of hydrogen-bond acceptors (Lipinski definition) is 3. The van der Waals surface area contributed by atoms with Crippen LogP contribution in [0.5, 0.6) is 0 Å². The monoisotopic (exact) mass is 271 g/mol. The van der Waals surface area contributed by atoms with Crippen LogP contribution < -0.4 is 5.73 Å². The number of nitrogens with two attached hydrogens (primary N) is 1. The van der Waals surface area contributed by atoms with Gasteiger partial charge in [0.2, 0.25) is 0 Å². The van der Waals surface area contributed by atoms with Gasteiger partial charge >= 0.3 is 0 Å². The molecule has 20 heavy (non-hydrogen) atoms. The average Bonchev–Trinajstić information content (AvgIpc) is 2.97. The highest BCUT2D eigenvalue weighted by Gasteiger charge is 2.19. The minimum atomic E-state index is -0.286. The van der Waals surface area contributed by atoms with Crippen molar-refractivity contribution in [1.82, 2.24) is 9.78 Å². The molecule has 2 heterocycles. The predicted molar refractivity (Wildman–Crippen MR) is 75.5 cm³/mol. The standard InChI is InChI=1S/C15H14FN3O/c1-9-3-8-12(20-9)14-13(15(17)19(2)18-14)10-4-6-11(16)7-5-10/h3-8H,17H2,1-2H3. The van der Waals surface area contributed by atoms with E-state index in [1.807, 2.05) is 19.1 Å². The molecule has 102 valence electrons. The highest BCUT2D eigenvalue weighted by Crippen LogP contribution is 2.36. The first-order valence-corrected chi connectivity index (χ1v) is 6.21. The molecule has 0 saturated heterocycles. The molecule has 5 heteroatoms. The minimum Gasteiger partial charge on any atom is -0.460 e. The third kappa shape index (κ3) is 1.97. The third-order valence-corrected chi connectivity index (χ3v) is 3.20. The van der Waals surface area contributed by atoms with Crippen molar-refractivity contribution in [3.8, 4) is 22.6 Å². The summed E-state index contributed by atoms with van der Waals surface area (Å²) in [7, 11) is 1.77. The molecule has 0 atom stereocenters. The Bertz CT molecular complexity index is 756. The van der Waals surface area contributed by atoms with Gasteiger partial charge in [0, 0.05) is 7.05 Å². The van der Waals surface area contributed by atoms with E-state index in [-0.39, 0.29) is 5.82 Å². The van der Waals surface area contributed by atoms with Gasteiger partial charge in [-0.25, -0.2) is 4.39 Å². The first-order valence-electron chi connectivity index (χ1n) is 6.21. The van der Waals surface area contributed by atoms with E-state index in [0.29, 0.717) is 17.3 Å². The van der Waals surface area contributed by atoms with Crippen LogP contribution in [0.4, 0.5) is 10.2 Å². The van der Waals surface area contributed by atoms with Gasteiger partial charge in [0.15, 0.2) is 5.76 Å². The zero-order chi connectivity index (χ0) is 14.3. The number of halogens is 1. The van der Waals surface area contributed by atoms with E-state index in [1.54, 1.807) is 23.9 Å². The fourth-order valence-electron chi connectivity index (χ4n) is 2.17. The van der Waals surface area contributed by atoms with Gasteiger partial charge in [-0.3, -0.25) is 4.68 Å². The number of aryl methyl sites for hydroxylation is 2. The van der Waals surface area contributed by atoms with Crippen molar-refractivity contribution in [3.63, 3.8) is 0 Å². The number of hydrogen-bond donors (Lipinski definition) is 1. The predicted octanol–water partition coefficient (Wildman–Crippen LogP) is 3.38. The minimum absolute atomic E-state index is 0.286. The molecular formula is C15H14FN3O. The van der Waals surface area contributed by atoms with Crippen LogP contribution in [0.2, 0.25) is 0 Å². The molecule has 3 aromatic rings. The summed E-state index contributed by atoms with van der Waals surface area (Å²) in [5, 5.41) is 4.40. The molecule has 0 aliphatic carbocycles. The maximum atomic E-state index is 13.1. The van der Waals surface area contributed by atoms with E-state index < -0.39 is 0 Å². The summed E-state index contributed by atoms with van der Waals surface area (Å²) in [6.07, 6.45) is 0. The lowest BCUT2D eigenvalue weighted by molar-refractivity contribution is 0.545. The van der Waals surface area contributed by atoms with E-state index in [4.69, 9.17) is 10.2 Å². The van der Waals surface area contributed by atoms with Crippen molar-refractivity contribution in [2.45, 2.75) is 6.92 Å². The fourth-order valence-corrected chi connectivity index (χ4v) is 2.17. The van der Waals surface area contributed by atoms with Gasteiger partial charge in [-0.2, -0.15) is 5.10 Å². The molecule has 0 radical (unpaired) electrons. The molecule has 4 nitrogen and oxygen atoms in total. The topological polar surface area (TPSA) is 57.0 Å². The van der Waals surface area contributed by atoms with Crippen molar-refractivity contribution >= 4 is 5.82 Å². The van der Waals surface area contributed by atoms with Crippen molar-refractivity contribution < 1.29 is 8.81 Å². The second kappa shape index (κ2) is 4.52. The first-order chi connectivity index (χ1) is 9.56. The molecular weight excluding hydrogens is 257 g/mol. The smallest absolute Gasteiger partial charge is 0.155 e. The Hall–Kier alpha value is -2.56. The molecule has 0 saturated carbocycles. The van der Waals surface area contributed by atoms with Gasteiger partial charge in [0.1, 0.15) is 23.1 Å². The van der Waals surface area contributed by atoms with Gasteiger partial charge in [-0.1, -0.05) is 12.1 Å².